The molecule has 28 heavy (non-hydrogen) atoms. The Labute approximate surface area is 176 Å². The van der Waals surface area contributed by atoms with Crippen molar-refractivity contribution in [2.24, 2.45) is 0 Å². The third-order valence-electron chi connectivity index (χ3n) is 3.88. The van der Waals surface area contributed by atoms with Crippen LogP contribution in [-0.2, 0) is 18.8 Å². The Morgan fingerprint density at radius 3 is 1.50 bits per heavy atom. The van der Waals surface area contributed by atoms with Crippen LogP contribution in [0.2, 0.25) is 0 Å². The molecule has 0 saturated carbocycles. The molecule has 0 radical (unpaired) electrons. The van der Waals surface area contributed by atoms with E-state index in [0.717, 1.165) is 6.07 Å². The van der Waals surface area contributed by atoms with E-state index in [1.54, 1.807) is 43.3 Å². The van der Waals surface area contributed by atoms with Crippen molar-refractivity contribution in [2.75, 3.05) is 0 Å². The van der Waals surface area contributed by atoms with Gasteiger partial charge in [0.1, 0.15) is 11.6 Å². The van der Waals surface area contributed by atoms with E-state index < -0.39 is 11.6 Å². The second kappa shape index (κ2) is 9.63. The van der Waals surface area contributed by atoms with E-state index in [0.29, 0.717) is 33.9 Å². The molecule has 3 heterocycles. The van der Waals surface area contributed by atoms with Crippen LogP contribution in [0.4, 0.5) is 8.78 Å². The molecule has 0 N–H and O–H groups in total. The summed E-state index contributed by atoms with van der Waals surface area (Å²) >= 11 is 1.61. The average Bonchev–Trinajstić information content (AvgIpc) is 2.75. The number of hydrogen-bond donors (Lipinski definition) is 0. The van der Waals surface area contributed by atoms with E-state index in [9.17, 15) is 8.78 Å². The zero-order chi connectivity index (χ0) is 19.9. The molecule has 0 saturated heterocycles. The molecule has 0 fully saturated rings. The van der Waals surface area contributed by atoms with Gasteiger partial charge in [0.2, 0.25) is 0 Å². The fourth-order valence-corrected chi connectivity index (χ4v) is 2.71. The average molecular weight is 576 g/mol. The molecule has 0 atom stereocenters. The first-order valence-corrected chi connectivity index (χ1v) is 10.9. The van der Waals surface area contributed by atoms with Gasteiger partial charge in [0, 0.05) is 18.5 Å². The Morgan fingerprint density at radius 2 is 1.07 bits per heavy atom. The predicted molar refractivity (Wildman–Crippen MR) is 102 cm³/mol. The number of pyridine rings is 3. The summed E-state index contributed by atoms with van der Waals surface area (Å²) in [5.74, 6) is -1.26. The Kier molecular flexibility index (Phi) is 6.96. The van der Waals surface area contributed by atoms with Crippen molar-refractivity contribution < 1.29 is 27.6 Å². The van der Waals surface area contributed by atoms with Crippen LogP contribution < -0.4 is 0 Å². The molecule has 142 valence electrons. The van der Waals surface area contributed by atoms with Crippen molar-refractivity contribution >= 4 is 9.42 Å². The second-order valence-electron chi connectivity index (χ2n) is 5.71. The second-order valence-corrected chi connectivity index (χ2v) is 5.71. The number of nitrogens with zero attached hydrogens (tertiary/aromatic N) is 3. The summed E-state index contributed by atoms with van der Waals surface area (Å²) in [6.07, 6.45) is 3.35. The first-order chi connectivity index (χ1) is 13.7. The van der Waals surface area contributed by atoms with Crippen LogP contribution in [-0.4, -0.2) is 15.0 Å². The van der Waals surface area contributed by atoms with E-state index in [4.69, 9.17) is 0 Å². The molecule has 7 heteroatoms. The van der Waals surface area contributed by atoms with Crippen molar-refractivity contribution in [3.05, 3.63) is 90.8 Å². The summed E-state index contributed by atoms with van der Waals surface area (Å²) in [6, 6.07) is 18.0. The number of rotatable bonds is 3. The maximum atomic E-state index is 13.7. The molecular formula is C21H13ClF2N3Pt+. The molecule has 0 aliphatic carbocycles. The number of aromatic nitrogens is 3. The SMILES string of the molecule is Fc1cc(F)cc(-c2cc(-c3ccccn3)nc(-c3ccccn3)c2)c1.[Cl][Pt+]. The first kappa shape index (κ1) is 20.2. The molecule has 0 spiro atoms. The third kappa shape index (κ3) is 4.86. The van der Waals surface area contributed by atoms with Crippen LogP contribution in [0.25, 0.3) is 33.9 Å². The van der Waals surface area contributed by atoms with Gasteiger partial charge >= 0.3 is 28.2 Å². The Balaban J connectivity index is 0.00000109. The van der Waals surface area contributed by atoms with Gasteiger partial charge in [0.05, 0.1) is 22.8 Å². The van der Waals surface area contributed by atoms with Crippen LogP contribution in [0.1, 0.15) is 0 Å². The Morgan fingerprint density at radius 1 is 0.607 bits per heavy atom. The van der Waals surface area contributed by atoms with Crippen molar-refractivity contribution in [1.29, 1.82) is 0 Å². The normalized spacial score (nSPS) is 10.2. The number of halogens is 3. The molecule has 0 bridgehead atoms. The summed E-state index contributed by atoms with van der Waals surface area (Å²) in [5, 5.41) is 0. The standard InChI is InChI=1S/C21H13F2N3.ClH.Pt/c22-16-9-14(10-17(23)13-16)15-11-20(18-5-1-3-7-24-18)26-21(12-15)19-6-2-4-8-25-19;;/h1-13H;1H;/q;;+2/p-1. The van der Waals surface area contributed by atoms with Gasteiger partial charge in [-0.15, -0.1) is 0 Å². The van der Waals surface area contributed by atoms with E-state index in [1.807, 2.05) is 36.4 Å². The minimum atomic E-state index is -0.629. The van der Waals surface area contributed by atoms with Gasteiger partial charge in [-0.1, -0.05) is 12.1 Å². The summed E-state index contributed by atoms with van der Waals surface area (Å²) in [6.45, 7) is 0. The number of hydrogen-bond acceptors (Lipinski definition) is 3. The van der Waals surface area contributed by atoms with Gasteiger partial charge in [-0.05, 0) is 59.7 Å². The predicted octanol–water partition coefficient (Wildman–Crippen LogP) is 5.84. The molecular weight excluding hydrogens is 563 g/mol. The summed E-state index contributed by atoms with van der Waals surface area (Å²) in [5.41, 5.74) is 3.62. The van der Waals surface area contributed by atoms with E-state index in [1.165, 1.54) is 12.1 Å². The van der Waals surface area contributed by atoms with Crippen molar-refractivity contribution in [2.45, 2.75) is 0 Å². The molecule has 0 unspecified atom stereocenters. The van der Waals surface area contributed by atoms with Crippen molar-refractivity contribution in [3.63, 3.8) is 0 Å². The summed E-state index contributed by atoms with van der Waals surface area (Å²) < 4.78 is 27.4. The third-order valence-corrected chi connectivity index (χ3v) is 3.88. The molecule has 0 aliphatic heterocycles. The van der Waals surface area contributed by atoms with Crippen LogP contribution in [0, 0.1) is 11.6 Å². The van der Waals surface area contributed by atoms with Gasteiger partial charge in [0.25, 0.3) is 0 Å². The van der Waals surface area contributed by atoms with Crippen LogP contribution in [0.3, 0.4) is 0 Å². The zero-order valence-corrected chi connectivity index (χ0v) is 17.3. The van der Waals surface area contributed by atoms with Gasteiger partial charge < -0.3 is 0 Å². The minimum absolute atomic E-state index is 0.430. The Hall–Kier alpha value is -2.49. The van der Waals surface area contributed by atoms with E-state index in [-0.39, 0.29) is 0 Å². The first-order valence-electron chi connectivity index (χ1n) is 8.12. The van der Waals surface area contributed by atoms with E-state index >= 15 is 0 Å². The van der Waals surface area contributed by atoms with Gasteiger partial charge in [0.15, 0.2) is 0 Å². The fraction of sp³-hybridized carbons (Fsp3) is 0. The van der Waals surface area contributed by atoms with Crippen LogP contribution >= 0.6 is 9.42 Å². The maximum absolute atomic E-state index is 13.7. The van der Waals surface area contributed by atoms with Crippen LogP contribution in [0.5, 0.6) is 0 Å². The summed E-state index contributed by atoms with van der Waals surface area (Å²) in [7, 11) is 4.61. The van der Waals surface area contributed by atoms with Crippen LogP contribution in [0.15, 0.2) is 79.1 Å². The molecule has 4 rings (SSSR count). The molecule has 1 aromatic carbocycles. The molecule has 0 aliphatic rings. The van der Waals surface area contributed by atoms with Crippen molar-refractivity contribution in [1.82, 2.24) is 15.0 Å². The Bertz CT molecular complexity index is 986. The molecule has 0 amide bonds. The fourth-order valence-electron chi connectivity index (χ4n) is 2.71. The monoisotopic (exact) mass is 575 g/mol. The van der Waals surface area contributed by atoms with Gasteiger partial charge in [-0.2, -0.15) is 0 Å². The zero-order valence-electron chi connectivity index (χ0n) is 14.3. The van der Waals surface area contributed by atoms with Gasteiger partial charge in [-0.25, -0.2) is 13.8 Å². The molecule has 3 nitrogen and oxygen atoms in total. The van der Waals surface area contributed by atoms with E-state index in [2.05, 4.69) is 24.4 Å². The quantitative estimate of drug-likeness (QED) is 0.308. The molecule has 4 aromatic rings. The summed E-state index contributed by atoms with van der Waals surface area (Å²) in [4.78, 5) is 13.3. The topological polar surface area (TPSA) is 38.7 Å². The number of benzene rings is 1. The molecule has 3 aromatic heterocycles. The van der Waals surface area contributed by atoms with Crippen molar-refractivity contribution in [3.8, 4) is 33.9 Å². The van der Waals surface area contributed by atoms with Gasteiger partial charge in [-0.3, -0.25) is 9.97 Å².